The van der Waals surface area contributed by atoms with Gasteiger partial charge in [0, 0.05) is 18.2 Å². The minimum Gasteiger partial charge on any atom is -0.405 e. The number of nitrogens with two attached hydrogens (primary N) is 1. The fraction of sp³-hybridized carbons (Fsp3) is 0.125. The number of hydrogen-bond donors (Lipinski definition) is 1. The Morgan fingerprint density at radius 3 is 2.92 bits per heavy atom. The van der Waals surface area contributed by atoms with Crippen molar-refractivity contribution in [3.05, 3.63) is 28.7 Å². The van der Waals surface area contributed by atoms with Gasteiger partial charge in [-0.25, -0.2) is 0 Å². The maximum atomic E-state index is 10.1. The Hall–Kier alpha value is -1.54. The summed E-state index contributed by atoms with van der Waals surface area (Å²) < 4.78 is 0. The second-order valence-electron chi connectivity index (χ2n) is 2.32. The van der Waals surface area contributed by atoms with Gasteiger partial charge in [0.05, 0.1) is 5.70 Å². The molecule has 0 bridgehead atoms. The van der Waals surface area contributed by atoms with Crippen molar-refractivity contribution in [3.8, 4) is 0 Å². The topological polar surface area (TPSA) is 55.5 Å². The minimum absolute atomic E-state index is 0.392. The molecule has 2 radical (unpaired) electrons. The van der Waals surface area contributed by atoms with Gasteiger partial charge in [-0.1, -0.05) is 11.2 Å². The highest BCUT2D eigenvalue weighted by atomic mass is 16.1. The number of nitrogens with zero attached hydrogens (tertiary/aromatic N) is 1. The number of aldehydes is 1. The molecule has 0 saturated heterocycles. The zero-order valence-electron chi connectivity index (χ0n) is 6.45. The maximum Gasteiger partial charge on any atom is 0.154 e. The lowest BCUT2D eigenvalue weighted by Crippen LogP contribution is -1.96. The monoisotopic (exact) mass is 158 g/mol. The van der Waals surface area contributed by atoms with Crippen LogP contribution in [-0.2, 0) is 4.79 Å². The average Bonchev–Trinajstić information content (AvgIpc) is 2.01. The van der Waals surface area contributed by atoms with Crippen LogP contribution in [0.4, 0.5) is 0 Å². The first-order valence-electron chi connectivity index (χ1n) is 3.41. The second kappa shape index (κ2) is 3.74. The van der Waals surface area contributed by atoms with E-state index in [0.29, 0.717) is 17.5 Å². The molecule has 12 heavy (non-hydrogen) atoms. The molecular formula is C8H7BN2O. The molecule has 0 spiro atoms. The van der Waals surface area contributed by atoms with E-state index in [4.69, 9.17) is 13.6 Å². The van der Waals surface area contributed by atoms with Gasteiger partial charge in [0.1, 0.15) is 7.85 Å². The first kappa shape index (κ1) is 8.56. The molecule has 0 atom stereocenters. The summed E-state index contributed by atoms with van der Waals surface area (Å²) in [5.41, 5.74) is 9.61. The van der Waals surface area contributed by atoms with Crippen LogP contribution in [0.25, 0.3) is 0 Å². The van der Waals surface area contributed by atoms with Crippen LogP contribution in [0, 0.1) is 0 Å². The summed E-state index contributed by atoms with van der Waals surface area (Å²) in [6, 6.07) is 0. The van der Waals surface area contributed by atoms with Crippen LogP contribution in [0.3, 0.4) is 0 Å². The molecule has 0 amide bonds. The molecule has 0 saturated carbocycles. The molecule has 3 nitrogen and oxygen atoms in total. The zero-order valence-corrected chi connectivity index (χ0v) is 6.45. The molecule has 0 aliphatic heterocycles. The lowest BCUT2D eigenvalue weighted by Gasteiger charge is -2.04. The summed E-state index contributed by atoms with van der Waals surface area (Å²) in [5, 5.41) is 0. The number of allylic oxidation sites excluding steroid dienone is 1. The average molecular weight is 158 g/mol. The highest BCUT2D eigenvalue weighted by Gasteiger charge is 2.07. The number of hydrogen-bond acceptors (Lipinski definition) is 3. The highest BCUT2D eigenvalue weighted by Crippen LogP contribution is 2.17. The predicted molar refractivity (Wildman–Crippen MR) is 47.7 cm³/mol. The molecule has 4 heteroatoms. The molecule has 1 rings (SSSR count). The van der Waals surface area contributed by atoms with E-state index in [1.807, 2.05) is 0 Å². The molecule has 0 aromatic rings. The Bertz CT molecular complexity index is 322. The SMILES string of the molecule is [B]/C(C=NC1=C=C(C=O)C1)=C/N. The van der Waals surface area contributed by atoms with E-state index in [-0.39, 0.29) is 0 Å². The van der Waals surface area contributed by atoms with Crippen molar-refractivity contribution in [2.24, 2.45) is 10.7 Å². The lowest BCUT2D eigenvalue weighted by atomic mass is 9.98. The van der Waals surface area contributed by atoms with Gasteiger partial charge in [-0.3, -0.25) is 9.79 Å². The molecule has 0 unspecified atom stereocenters. The van der Waals surface area contributed by atoms with Crippen molar-refractivity contribution < 1.29 is 4.79 Å². The van der Waals surface area contributed by atoms with Crippen molar-refractivity contribution in [2.75, 3.05) is 0 Å². The van der Waals surface area contributed by atoms with E-state index in [0.717, 1.165) is 12.0 Å². The van der Waals surface area contributed by atoms with Gasteiger partial charge in [-0.2, -0.15) is 0 Å². The van der Waals surface area contributed by atoms with E-state index in [2.05, 4.69) is 10.7 Å². The first-order chi connectivity index (χ1) is 5.76. The molecule has 0 aromatic heterocycles. The summed E-state index contributed by atoms with van der Waals surface area (Å²) in [6.45, 7) is 0. The van der Waals surface area contributed by atoms with E-state index in [1.54, 1.807) is 0 Å². The molecule has 58 valence electrons. The standard InChI is InChI=1S/C8H7BN2O/c9-7(3-10)4-11-8-1-6(2-8)5-12/h3-5H,1,10H2/b7-3+,11-4?. The molecule has 1 aliphatic rings. The van der Waals surface area contributed by atoms with Gasteiger partial charge in [-0.15, -0.1) is 0 Å². The Morgan fingerprint density at radius 2 is 2.42 bits per heavy atom. The van der Waals surface area contributed by atoms with Crippen LogP contribution in [0.1, 0.15) is 6.42 Å². The summed E-state index contributed by atoms with van der Waals surface area (Å²) in [6.07, 6.45) is 4.02. The zero-order chi connectivity index (χ0) is 8.97. The van der Waals surface area contributed by atoms with Crippen LogP contribution in [-0.4, -0.2) is 20.3 Å². The van der Waals surface area contributed by atoms with Crippen molar-refractivity contribution in [2.45, 2.75) is 6.42 Å². The summed E-state index contributed by atoms with van der Waals surface area (Å²) in [5.74, 6) is 0. The summed E-state index contributed by atoms with van der Waals surface area (Å²) in [4.78, 5) is 14.0. The number of carbonyl (C=O) groups is 1. The Balaban J connectivity index is 2.62. The predicted octanol–water partition coefficient (Wildman–Crippen LogP) is 0.0376. The molecule has 1 aliphatic carbocycles. The minimum atomic E-state index is 0.392. The highest BCUT2D eigenvalue weighted by molar-refractivity contribution is 6.32. The fourth-order valence-corrected chi connectivity index (χ4v) is 0.692. The van der Waals surface area contributed by atoms with Gasteiger partial charge >= 0.3 is 0 Å². The third-order valence-electron chi connectivity index (χ3n) is 1.37. The Labute approximate surface area is 71.8 Å². The van der Waals surface area contributed by atoms with Crippen molar-refractivity contribution in [1.29, 1.82) is 0 Å². The van der Waals surface area contributed by atoms with E-state index < -0.39 is 0 Å². The van der Waals surface area contributed by atoms with Crippen LogP contribution in [0.5, 0.6) is 0 Å². The Morgan fingerprint density at radius 1 is 1.75 bits per heavy atom. The van der Waals surface area contributed by atoms with Crippen molar-refractivity contribution >= 4 is 20.3 Å². The van der Waals surface area contributed by atoms with Gasteiger partial charge < -0.3 is 5.73 Å². The molecular weight excluding hydrogens is 151 g/mol. The van der Waals surface area contributed by atoms with Crippen LogP contribution in [0.2, 0.25) is 0 Å². The van der Waals surface area contributed by atoms with Gasteiger partial charge in [0.25, 0.3) is 0 Å². The summed E-state index contributed by atoms with van der Waals surface area (Å²) in [7, 11) is 5.34. The maximum absolute atomic E-state index is 10.1. The molecule has 0 heterocycles. The largest absolute Gasteiger partial charge is 0.405 e. The Kier molecular flexibility index (Phi) is 2.67. The van der Waals surface area contributed by atoms with Gasteiger partial charge in [0.2, 0.25) is 0 Å². The first-order valence-corrected chi connectivity index (χ1v) is 3.41. The number of rotatable bonds is 3. The van der Waals surface area contributed by atoms with Crippen LogP contribution in [0.15, 0.2) is 33.7 Å². The van der Waals surface area contributed by atoms with Crippen LogP contribution >= 0.6 is 0 Å². The van der Waals surface area contributed by atoms with E-state index >= 15 is 0 Å². The molecule has 2 N–H and O–H groups in total. The van der Waals surface area contributed by atoms with Crippen LogP contribution < -0.4 is 5.73 Å². The lowest BCUT2D eigenvalue weighted by molar-refractivity contribution is -0.105. The van der Waals surface area contributed by atoms with E-state index in [1.165, 1.54) is 12.4 Å². The van der Waals surface area contributed by atoms with Gasteiger partial charge in [-0.05, 0) is 6.20 Å². The third-order valence-corrected chi connectivity index (χ3v) is 1.37. The molecule has 0 fully saturated rings. The summed E-state index contributed by atoms with van der Waals surface area (Å²) >= 11 is 0. The smallest absolute Gasteiger partial charge is 0.154 e. The van der Waals surface area contributed by atoms with Crippen molar-refractivity contribution in [1.82, 2.24) is 0 Å². The fourth-order valence-electron chi connectivity index (χ4n) is 0.692. The third kappa shape index (κ3) is 1.97. The number of aliphatic imine (C=N–C) groups is 1. The van der Waals surface area contributed by atoms with Crippen molar-refractivity contribution in [3.63, 3.8) is 0 Å². The number of carbonyl (C=O) groups excluding carboxylic acids is 1. The molecule has 0 aromatic carbocycles. The van der Waals surface area contributed by atoms with Gasteiger partial charge in [0.15, 0.2) is 6.29 Å². The normalized spacial score (nSPS) is 16.8. The second-order valence-corrected chi connectivity index (χ2v) is 2.32. The quantitative estimate of drug-likeness (QED) is 0.273. The van der Waals surface area contributed by atoms with E-state index in [9.17, 15) is 4.79 Å².